The quantitative estimate of drug-likeness (QED) is 0.528. The molecule has 0 aromatic carbocycles. The van der Waals surface area contributed by atoms with Gasteiger partial charge in [-0.15, -0.1) is 11.3 Å². The lowest BCUT2D eigenvalue weighted by molar-refractivity contribution is -0.137. The molecule has 0 saturated carbocycles. The van der Waals surface area contributed by atoms with Gasteiger partial charge in [0.25, 0.3) is 0 Å². The number of aromatic nitrogens is 1. The van der Waals surface area contributed by atoms with Crippen molar-refractivity contribution in [3.05, 3.63) is 34.3 Å². The number of rotatable bonds is 4. The van der Waals surface area contributed by atoms with Crippen LogP contribution in [0.4, 0.5) is 0 Å². The highest BCUT2D eigenvalue weighted by Gasteiger charge is 2.33. The third-order valence-electron chi connectivity index (χ3n) is 5.19. The van der Waals surface area contributed by atoms with E-state index in [1.165, 1.54) is 24.4 Å². The lowest BCUT2D eigenvalue weighted by Gasteiger charge is -2.35. The van der Waals surface area contributed by atoms with Crippen molar-refractivity contribution >= 4 is 29.1 Å². The van der Waals surface area contributed by atoms with E-state index in [9.17, 15) is 10.1 Å². The summed E-state index contributed by atoms with van der Waals surface area (Å²) in [6.45, 7) is 6.85. The standard InChI is InChI=1S/C21H24N2O2S2/c1-21(2,3)13-7-8-16-14(10-13)19(17-6-5-9-26-17)15(11-22)20(23-16)27-12-18(24)25-4/h5-6,9,13H,7-8,10,12H2,1-4H3/t13-/m1/s1. The number of aryl methyl sites for hydroxylation is 1. The van der Waals surface area contributed by atoms with Crippen LogP contribution in [0.15, 0.2) is 22.5 Å². The van der Waals surface area contributed by atoms with Gasteiger partial charge in [-0.3, -0.25) is 4.79 Å². The minimum Gasteiger partial charge on any atom is -0.468 e. The number of nitrogens with zero attached hydrogens (tertiary/aromatic N) is 2. The predicted octanol–water partition coefficient (Wildman–Crippen LogP) is 5.10. The Kier molecular flexibility index (Phi) is 5.92. The van der Waals surface area contributed by atoms with Crippen molar-refractivity contribution < 1.29 is 9.53 Å². The molecule has 1 atom stereocenters. The number of methoxy groups -OCH3 is 1. The molecular formula is C21H24N2O2S2. The summed E-state index contributed by atoms with van der Waals surface area (Å²) >= 11 is 2.94. The number of esters is 1. The zero-order valence-corrected chi connectivity index (χ0v) is 17.8. The van der Waals surface area contributed by atoms with Crippen molar-refractivity contribution in [3.63, 3.8) is 0 Å². The summed E-state index contributed by atoms with van der Waals surface area (Å²) in [5.41, 5.74) is 4.10. The van der Waals surface area contributed by atoms with E-state index in [-0.39, 0.29) is 17.1 Å². The lowest BCUT2D eigenvalue weighted by atomic mass is 9.70. The highest BCUT2D eigenvalue weighted by Crippen LogP contribution is 2.44. The van der Waals surface area contributed by atoms with E-state index in [1.807, 2.05) is 11.4 Å². The van der Waals surface area contributed by atoms with Crippen LogP contribution in [0.25, 0.3) is 10.4 Å². The molecule has 2 aromatic rings. The van der Waals surface area contributed by atoms with Crippen LogP contribution >= 0.6 is 23.1 Å². The topological polar surface area (TPSA) is 63.0 Å². The van der Waals surface area contributed by atoms with Crippen molar-refractivity contribution in [2.75, 3.05) is 12.9 Å². The monoisotopic (exact) mass is 400 g/mol. The number of ether oxygens (including phenoxy) is 1. The van der Waals surface area contributed by atoms with Gasteiger partial charge >= 0.3 is 5.97 Å². The smallest absolute Gasteiger partial charge is 0.316 e. The van der Waals surface area contributed by atoms with Crippen LogP contribution in [-0.2, 0) is 22.4 Å². The van der Waals surface area contributed by atoms with E-state index in [2.05, 4.69) is 32.9 Å². The third kappa shape index (κ3) is 4.20. The first-order valence-electron chi connectivity index (χ1n) is 9.04. The van der Waals surface area contributed by atoms with Gasteiger partial charge in [-0.25, -0.2) is 4.98 Å². The second kappa shape index (κ2) is 8.04. The summed E-state index contributed by atoms with van der Waals surface area (Å²) in [5.74, 6) is 0.408. The molecule has 2 aromatic heterocycles. The van der Waals surface area contributed by atoms with Gasteiger partial charge in [-0.05, 0) is 47.6 Å². The molecule has 4 nitrogen and oxygen atoms in total. The number of fused-ring (bicyclic) bond motifs is 1. The Morgan fingerprint density at radius 3 is 2.85 bits per heavy atom. The summed E-state index contributed by atoms with van der Waals surface area (Å²) in [4.78, 5) is 17.5. The van der Waals surface area contributed by atoms with Gasteiger partial charge in [0.2, 0.25) is 0 Å². The zero-order chi connectivity index (χ0) is 19.6. The molecule has 2 heterocycles. The lowest BCUT2D eigenvalue weighted by Crippen LogP contribution is -2.28. The summed E-state index contributed by atoms with van der Waals surface area (Å²) in [7, 11) is 1.37. The number of hydrogen-bond donors (Lipinski definition) is 0. The fourth-order valence-corrected chi connectivity index (χ4v) is 5.20. The molecule has 1 aliphatic rings. The SMILES string of the molecule is COC(=O)CSc1nc2c(c(-c3cccs3)c1C#N)C[C@H](C(C)(C)C)CC2. The molecule has 3 rings (SSSR count). The molecule has 0 fully saturated rings. The molecule has 0 unspecified atom stereocenters. The second-order valence-electron chi connectivity index (χ2n) is 7.85. The molecule has 0 radical (unpaired) electrons. The molecule has 0 amide bonds. The maximum absolute atomic E-state index is 11.6. The molecule has 0 spiro atoms. The van der Waals surface area contributed by atoms with E-state index < -0.39 is 0 Å². The van der Waals surface area contributed by atoms with Crippen LogP contribution in [0.3, 0.4) is 0 Å². The molecule has 27 heavy (non-hydrogen) atoms. The van der Waals surface area contributed by atoms with Crippen LogP contribution in [0.1, 0.15) is 44.0 Å². The van der Waals surface area contributed by atoms with Crippen molar-refractivity contribution in [1.82, 2.24) is 4.98 Å². The molecule has 0 aliphatic heterocycles. The Hall–Kier alpha value is -1.84. The molecule has 0 N–H and O–H groups in total. The van der Waals surface area contributed by atoms with Crippen LogP contribution in [0.2, 0.25) is 0 Å². The van der Waals surface area contributed by atoms with Gasteiger partial charge in [0.05, 0.1) is 18.4 Å². The van der Waals surface area contributed by atoms with Gasteiger partial charge < -0.3 is 4.74 Å². The van der Waals surface area contributed by atoms with Gasteiger partial charge in [0, 0.05) is 16.1 Å². The van der Waals surface area contributed by atoms with Crippen LogP contribution < -0.4 is 0 Å². The highest BCUT2D eigenvalue weighted by atomic mass is 32.2. The number of carbonyl (C=O) groups is 1. The predicted molar refractivity (Wildman–Crippen MR) is 110 cm³/mol. The first-order valence-corrected chi connectivity index (χ1v) is 10.9. The van der Waals surface area contributed by atoms with E-state index in [1.54, 1.807) is 11.3 Å². The Bertz CT molecular complexity index is 877. The molecule has 0 bridgehead atoms. The van der Waals surface area contributed by atoms with Crippen LogP contribution in [-0.4, -0.2) is 23.8 Å². The van der Waals surface area contributed by atoms with Crippen LogP contribution in [0.5, 0.6) is 0 Å². The average Bonchev–Trinajstić information content (AvgIpc) is 3.17. The first kappa shape index (κ1) is 19.9. The molecule has 6 heteroatoms. The normalized spacial score (nSPS) is 16.5. The second-order valence-corrected chi connectivity index (χ2v) is 9.76. The fourth-order valence-electron chi connectivity index (χ4n) is 3.56. The van der Waals surface area contributed by atoms with Gasteiger partial charge in [0.15, 0.2) is 0 Å². The van der Waals surface area contributed by atoms with Gasteiger partial charge in [-0.2, -0.15) is 5.26 Å². The molecule has 0 saturated heterocycles. The first-order chi connectivity index (χ1) is 12.8. The maximum atomic E-state index is 11.6. The number of nitriles is 1. The molecule has 142 valence electrons. The zero-order valence-electron chi connectivity index (χ0n) is 16.2. The summed E-state index contributed by atoms with van der Waals surface area (Å²) in [5, 5.41) is 12.6. The average molecular weight is 401 g/mol. The third-order valence-corrected chi connectivity index (χ3v) is 7.03. The Morgan fingerprint density at radius 2 is 2.26 bits per heavy atom. The number of thioether (sulfide) groups is 1. The Morgan fingerprint density at radius 1 is 1.48 bits per heavy atom. The number of thiophene rings is 1. The Balaban J connectivity index is 2.12. The highest BCUT2D eigenvalue weighted by molar-refractivity contribution is 7.99. The largest absolute Gasteiger partial charge is 0.468 e. The van der Waals surface area contributed by atoms with E-state index in [0.717, 1.165) is 35.4 Å². The van der Waals surface area contributed by atoms with Crippen molar-refractivity contribution in [2.45, 2.75) is 45.1 Å². The number of hydrogen-bond acceptors (Lipinski definition) is 6. The van der Waals surface area contributed by atoms with Crippen LogP contribution in [0, 0.1) is 22.7 Å². The minimum atomic E-state index is -0.311. The van der Waals surface area contributed by atoms with Gasteiger partial charge in [0.1, 0.15) is 11.1 Å². The van der Waals surface area contributed by atoms with Crippen molar-refractivity contribution in [3.8, 4) is 16.5 Å². The molecule has 1 aliphatic carbocycles. The number of pyridine rings is 1. The summed E-state index contributed by atoms with van der Waals surface area (Å²) < 4.78 is 4.74. The van der Waals surface area contributed by atoms with Gasteiger partial charge in [-0.1, -0.05) is 38.6 Å². The number of carbonyl (C=O) groups excluding carboxylic acids is 1. The summed E-state index contributed by atoms with van der Waals surface area (Å²) in [6.07, 6.45) is 2.95. The summed E-state index contributed by atoms with van der Waals surface area (Å²) in [6, 6.07) is 6.45. The minimum absolute atomic E-state index is 0.158. The maximum Gasteiger partial charge on any atom is 0.316 e. The van der Waals surface area contributed by atoms with E-state index in [0.29, 0.717) is 16.5 Å². The fraction of sp³-hybridized carbons (Fsp3) is 0.476. The van der Waals surface area contributed by atoms with E-state index in [4.69, 9.17) is 9.72 Å². The van der Waals surface area contributed by atoms with E-state index >= 15 is 0 Å². The van der Waals surface area contributed by atoms with Crippen molar-refractivity contribution in [2.24, 2.45) is 11.3 Å². The molecular weight excluding hydrogens is 376 g/mol. The Labute approximate surface area is 169 Å². The van der Waals surface area contributed by atoms with Crippen molar-refractivity contribution in [1.29, 1.82) is 5.26 Å².